The average molecular weight is 424 g/mol. The minimum atomic E-state index is -0.493. The molecule has 2 aromatic carbocycles. The molecule has 30 heavy (non-hydrogen) atoms. The van der Waals surface area contributed by atoms with Gasteiger partial charge in [0.1, 0.15) is 17.9 Å². The Bertz CT molecular complexity index is 1360. The van der Waals surface area contributed by atoms with Crippen LogP contribution in [0.2, 0.25) is 5.02 Å². The lowest BCUT2D eigenvalue weighted by Gasteiger charge is -2.11. The summed E-state index contributed by atoms with van der Waals surface area (Å²) in [4.78, 5) is 24.0. The summed E-state index contributed by atoms with van der Waals surface area (Å²) in [6, 6.07) is 15.7. The van der Waals surface area contributed by atoms with Crippen LogP contribution in [0.3, 0.4) is 0 Å². The van der Waals surface area contributed by atoms with Crippen LogP contribution in [-0.4, -0.2) is 9.67 Å². The monoisotopic (exact) mass is 423 g/mol. The normalized spacial score (nSPS) is 11.0. The number of hydrogen-bond donors (Lipinski definition) is 1. The Labute approximate surface area is 176 Å². The summed E-state index contributed by atoms with van der Waals surface area (Å²) in [5.41, 5.74) is 1.17. The number of aromatic hydroxyl groups is 1. The molecule has 0 fully saturated rings. The van der Waals surface area contributed by atoms with Crippen molar-refractivity contribution in [2.24, 2.45) is 0 Å². The second-order valence-electron chi connectivity index (χ2n) is 6.92. The van der Waals surface area contributed by atoms with Gasteiger partial charge in [0.2, 0.25) is 5.43 Å². The first-order valence-corrected chi connectivity index (χ1v) is 9.61. The van der Waals surface area contributed by atoms with E-state index >= 15 is 0 Å². The summed E-state index contributed by atoms with van der Waals surface area (Å²) in [7, 11) is 0. The van der Waals surface area contributed by atoms with Crippen molar-refractivity contribution >= 4 is 22.6 Å². The molecule has 0 bridgehead atoms. The van der Waals surface area contributed by atoms with Crippen LogP contribution in [0.25, 0.3) is 11.0 Å². The summed E-state index contributed by atoms with van der Waals surface area (Å²) in [5, 5.41) is 11.2. The maximum atomic E-state index is 12.5. The predicted molar refractivity (Wildman–Crippen MR) is 114 cm³/mol. The Morgan fingerprint density at radius 3 is 2.73 bits per heavy atom. The molecule has 4 aromatic rings. The van der Waals surface area contributed by atoms with Gasteiger partial charge in [0.15, 0.2) is 5.75 Å². The Hall–Kier alpha value is -3.51. The van der Waals surface area contributed by atoms with Gasteiger partial charge in [-0.3, -0.25) is 4.79 Å². The number of ether oxygens (including phenoxy) is 1. The number of fused-ring (bicyclic) bond motifs is 1. The summed E-state index contributed by atoms with van der Waals surface area (Å²) in [6.45, 7) is 2.12. The fourth-order valence-electron chi connectivity index (χ4n) is 3.15. The summed E-state index contributed by atoms with van der Waals surface area (Å²) < 4.78 is 12.9. The van der Waals surface area contributed by atoms with Crippen LogP contribution in [0, 0.1) is 6.92 Å². The van der Waals surface area contributed by atoms with E-state index in [1.54, 1.807) is 35.8 Å². The van der Waals surface area contributed by atoms with Crippen LogP contribution in [0.4, 0.5) is 0 Å². The van der Waals surface area contributed by atoms with Crippen LogP contribution in [0.1, 0.15) is 16.8 Å². The highest BCUT2D eigenvalue weighted by molar-refractivity contribution is 6.30. The van der Waals surface area contributed by atoms with Crippen LogP contribution in [-0.2, 0) is 13.2 Å². The second-order valence-corrected chi connectivity index (χ2v) is 7.36. The molecule has 0 saturated carbocycles. The fraction of sp³-hybridized carbons (Fsp3) is 0.130. The van der Waals surface area contributed by atoms with E-state index in [0.29, 0.717) is 34.2 Å². The van der Waals surface area contributed by atoms with Gasteiger partial charge < -0.3 is 18.8 Å². The summed E-state index contributed by atoms with van der Waals surface area (Å²) in [6.07, 6.45) is 1.54. The predicted octanol–water partition coefficient (Wildman–Crippen LogP) is 4.25. The minimum Gasteiger partial charge on any atom is -0.503 e. The minimum absolute atomic E-state index is 0.172. The number of nitrogens with zero attached hydrogens (tertiary/aromatic N) is 1. The van der Waals surface area contributed by atoms with Gasteiger partial charge in [0.25, 0.3) is 0 Å². The number of benzene rings is 2. The standard InChI is InChI=1S/C23H18ClNO5/c1-14-22(27)20(26)7-8-25(14)12-17-10-16-5-6-19(11-21(16)30-23(17)28)29-13-15-3-2-4-18(24)9-15/h2-11,27H,12-13H2,1H3. The highest BCUT2D eigenvalue weighted by Gasteiger charge is 2.11. The average Bonchev–Trinajstić information content (AvgIpc) is 2.73. The lowest BCUT2D eigenvalue weighted by Crippen LogP contribution is -2.15. The number of halogens is 1. The molecular formula is C23H18ClNO5. The van der Waals surface area contributed by atoms with Gasteiger partial charge in [-0.25, -0.2) is 4.79 Å². The third-order valence-corrected chi connectivity index (χ3v) is 5.06. The van der Waals surface area contributed by atoms with E-state index in [0.717, 1.165) is 10.9 Å². The van der Waals surface area contributed by atoms with E-state index < -0.39 is 11.1 Å². The van der Waals surface area contributed by atoms with Gasteiger partial charge in [0, 0.05) is 28.7 Å². The molecule has 0 aliphatic rings. The molecule has 0 spiro atoms. The number of pyridine rings is 1. The fourth-order valence-corrected chi connectivity index (χ4v) is 3.36. The Morgan fingerprint density at radius 2 is 1.93 bits per heavy atom. The number of hydrogen-bond acceptors (Lipinski definition) is 5. The van der Waals surface area contributed by atoms with Crippen LogP contribution in [0.5, 0.6) is 11.5 Å². The molecule has 4 rings (SSSR count). The quantitative estimate of drug-likeness (QED) is 0.485. The molecule has 0 aliphatic carbocycles. The molecule has 0 atom stereocenters. The zero-order valence-electron chi connectivity index (χ0n) is 16.1. The van der Waals surface area contributed by atoms with Gasteiger partial charge >= 0.3 is 5.63 Å². The van der Waals surface area contributed by atoms with E-state index in [-0.39, 0.29) is 12.3 Å². The topological polar surface area (TPSA) is 81.7 Å². The highest BCUT2D eigenvalue weighted by Crippen LogP contribution is 2.22. The molecular weight excluding hydrogens is 406 g/mol. The van der Waals surface area contributed by atoms with Gasteiger partial charge in [0.05, 0.1) is 17.8 Å². The largest absolute Gasteiger partial charge is 0.503 e. The molecule has 0 amide bonds. The third kappa shape index (κ3) is 4.09. The van der Waals surface area contributed by atoms with Crippen molar-refractivity contribution in [3.63, 3.8) is 0 Å². The second kappa shape index (κ2) is 8.08. The molecule has 0 saturated heterocycles. The number of rotatable bonds is 5. The molecule has 0 radical (unpaired) electrons. The Kier molecular flexibility index (Phi) is 5.33. The van der Waals surface area contributed by atoms with Crippen molar-refractivity contribution in [2.75, 3.05) is 0 Å². The lowest BCUT2D eigenvalue weighted by atomic mass is 10.1. The molecule has 2 heterocycles. The van der Waals surface area contributed by atoms with E-state index in [1.165, 1.54) is 12.3 Å². The smallest absolute Gasteiger partial charge is 0.341 e. The van der Waals surface area contributed by atoms with Crippen molar-refractivity contribution in [1.82, 2.24) is 4.57 Å². The first-order valence-electron chi connectivity index (χ1n) is 9.24. The van der Waals surface area contributed by atoms with E-state index in [4.69, 9.17) is 20.8 Å². The third-order valence-electron chi connectivity index (χ3n) is 4.83. The summed E-state index contributed by atoms with van der Waals surface area (Å²) in [5.74, 6) is 0.240. The first-order chi connectivity index (χ1) is 14.4. The van der Waals surface area contributed by atoms with Gasteiger partial charge in [-0.2, -0.15) is 0 Å². The van der Waals surface area contributed by atoms with Crippen molar-refractivity contribution in [3.8, 4) is 11.5 Å². The summed E-state index contributed by atoms with van der Waals surface area (Å²) >= 11 is 5.98. The SMILES string of the molecule is Cc1c(O)c(=O)ccn1Cc1cc2ccc(OCc3cccc(Cl)c3)cc2oc1=O. The van der Waals surface area contributed by atoms with Gasteiger partial charge in [-0.15, -0.1) is 0 Å². The molecule has 7 heteroatoms. The molecule has 0 unspecified atom stereocenters. The zero-order valence-corrected chi connectivity index (χ0v) is 16.8. The molecule has 6 nitrogen and oxygen atoms in total. The van der Waals surface area contributed by atoms with Gasteiger partial charge in [-0.1, -0.05) is 23.7 Å². The van der Waals surface area contributed by atoms with E-state index in [9.17, 15) is 14.7 Å². The molecule has 152 valence electrons. The van der Waals surface area contributed by atoms with Crippen LogP contribution < -0.4 is 15.8 Å². The Balaban J connectivity index is 1.59. The molecule has 1 N–H and O–H groups in total. The van der Waals surface area contributed by atoms with Crippen molar-refractivity contribution < 1.29 is 14.3 Å². The first kappa shape index (κ1) is 19.8. The van der Waals surface area contributed by atoms with Crippen molar-refractivity contribution in [2.45, 2.75) is 20.1 Å². The van der Waals surface area contributed by atoms with Crippen molar-refractivity contribution in [1.29, 1.82) is 0 Å². The van der Waals surface area contributed by atoms with Crippen LogP contribution in [0.15, 0.2) is 74.8 Å². The van der Waals surface area contributed by atoms with Crippen LogP contribution >= 0.6 is 11.6 Å². The molecule has 0 aliphatic heterocycles. The zero-order chi connectivity index (χ0) is 21.3. The van der Waals surface area contributed by atoms with Gasteiger partial charge in [-0.05, 0) is 42.8 Å². The van der Waals surface area contributed by atoms with E-state index in [2.05, 4.69) is 0 Å². The van der Waals surface area contributed by atoms with Crippen molar-refractivity contribution in [3.05, 3.63) is 103 Å². The molecule has 2 aromatic heterocycles. The highest BCUT2D eigenvalue weighted by atomic mass is 35.5. The van der Waals surface area contributed by atoms with E-state index in [1.807, 2.05) is 24.3 Å². The number of aromatic nitrogens is 1. The maximum Gasteiger partial charge on any atom is 0.341 e. The lowest BCUT2D eigenvalue weighted by molar-refractivity contribution is 0.306. The maximum absolute atomic E-state index is 12.5. The Morgan fingerprint density at radius 1 is 1.10 bits per heavy atom.